The van der Waals surface area contributed by atoms with E-state index in [1.807, 2.05) is 6.92 Å². The van der Waals surface area contributed by atoms with E-state index in [9.17, 15) is 5.26 Å². The minimum atomic E-state index is -0.327. The van der Waals surface area contributed by atoms with E-state index < -0.39 is 0 Å². The molecule has 2 rings (SSSR count). The van der Waals surface area contributed by atoms with E-state index in [0.29, 0.717) is 0 Å². The molecular weight excluding hydrogens is 222 g/mol. The SMILES string of the molecule is Cc1cc(C)c(C(C#N)c2ccncn2)cc1C. The van der Waals surface area contributed by atoms with Crippen molar-refractivity contribution >= 4 is 0 Å². The van der Waals surface area contributed by atoms with Crippen LogP contribution < -0.4 is 0 Å². The fourth-order valence-electron chi connectivity index (χ4n) is 2.06. The number of nitrogens with zero attached hydrogens (tertiary/aromatic N) is 3. The maximum Gasteiger partial charge on any atom is 0.115 e. The Balaban J connectivity index is 2.53. The maximum atomic E-state index is 9.41. The van der Waals surface area contributed by atoms with Crippen molar-refractivity contribution in [1.82, 2.24) is 9.97 Å². The Bertz CT molecular complexity index is 597. The number of aromatic nitrogens is 2. The van der Waals surface area contributed by atoms with Crippen LogP contribution in [0.25, 0.3) is 0 Å². The summed E-state index contributed by atoms with van der Waals surface area (Å²) in [5, 5.41) is 9.41. The summed E-state index contributed by atoms with van der Waals surface area (Å²) in [6.45, 7) is 6.18. The first-order valence-corrected chi connectivity index (χ1v) is 5.86. The first kappa shape index (κ1) is 12.3. The second-order valence-electron chi connectivity index (χ2n) is 4.49. The standard InChI is InChI=1S/C15H15N3/c1-10-6-12(3)13(7-11(10)2)14(8-16)15-4-5-17-9-18-15/h4-7,9,14H,1-3H3. The van der Waals surface area contributed by atoms with Gasteiger partial charge in [0.25, 0.3) is 0 Å². The fourth-order valence-corrected chi connectivity index (χ4v) is 2.06. The molecule has 0 fully saturated rings. The molecule has 0 radical (unpaired) electrons. The van der Waals surface area contributed by atoms with Crippen LogP contribution in [0.3, 0.4) is 0 Å². The van der Waals surface area contributed by atoms with Gasteiger partial charge < -0.3 is 0 Å². The molecule has 0 saturated heterocycles. The number of benzene rings is 1. The van der Waals surface area contributed by atoms with Crippen LogP contribution in [0.2, 0.25) is 0 Å². The lowest BCUT2D eigenvalue weighted by atomic mass is 9.90. The Morgan fingerprint density at radius 2 is 1.83 bits per heavy atom. The van der Waals surface area contributed by atoms with Crippen LogP contribution in [0, 0.1) is 32.1 Å². The van der Waals surface area contributed by atoms with E-state index in [1.165, 1.54) is 17.5 Å². The third-order valence-electron chi connectivity index (χ3n) is 3.22. The summed E-state index contributed by atoms with van der Waals surface area (Å²) in [5.74, 6) is -0.327. The van der Waals surface area contributed by atoms with Crippen LogP contribution >= 0.6 is 0 Å². The van der Waals surface area contributed by atoms with Gasteiger partial charge in [0.05, 0.1) is 11.8 Å². The Hall–Kier alpha value is -2.21. The van der Waals surface area contributed by atoms with Gasteiger partial charge in [-0.1, -0.05) is 12.1 Å². The van der Waals surface area contributed by atoms with Crippen LogP contribution in [0.5, 0.6) is 0 Å². The van der Waals surface area contributed by atoms with Gasteiger partial charge in [0, 0.05) is 6.20 Å². The fraction of sp³-hybridized carbons (Fsp3) is 0.267. The summed E-state index contributed by atoms with van der Waals surface area (Å²) in [6.07, 6.45) is 3.15. The van der Waals surface area contributed by atoms with Gasteiger partial charge in [-0.05, 0) is 49.1 Å². The minimum absolute atomic E-state index is 0.327. The predicted molar refractivity (Wildman–Crippen MR) is 70.1 cm³/mol. The number of aryl methyl sites for hydroxylation is 3. The number of rotatable bonds is 2. The Labute approximate surface area is 107 Å². The summed E-state index contributed by atoms with van der Waals surface area (Å²) in [7, 11) is 0. The molecule has 0 saturated carbocycles. The topological polar surface area (TPSA) is 49.6 Å². The number of hydrogen-bond donors (Lipinski definition) is 0. The second-order valence-corrected chi connectivity index (χ2v) is 4.49. The summed E-state index contributed by atoms with van der Waals surface area (Å²) >= 11 is 0. The van der Waals surface area contributed by atoms with E-state index in [0.717, 1.165) is 16.8 Å². The summed E-state index contributed by atoms with van der Waals surface area (Å²) in [5.41, 5.74) is 5.35. The Morgan fingerprint density at radius 3 is 2.44 bits per heavy atom. The maximum absolute atomic E-state index is 9.41. The van der Waals surface area contributed by atoms with Crippen molar-refractivity contribution < 1.29 is 0 Å². The predicted octanol–water partition coefficient (Wildman–Crippen LogP) is 3.06. The molecule has 90 valence electrons. The van der Waals surface area contributed by atoms with Crippen molar-refractivity contribution in [3.8, 4) is 6.07 Å². The first-order valence-electron chi connectivity index (χ1n) is 5.86. The lowest BCUT2D eigenvalue weighted by molar-refractivity contribution is 0.930. The molecule has 18 heavy (non-hydrogen) atoms. The first-order chi connectivity index (χ1) is 8.63. The van der Waals surface area contributed by atoms with Gasteiger partial charge in [-0.25, -0.2) is 9.97 Å². The molecule has 0 aliphatic carbocycles. The zero-order valence-electron chi connectivity index (χ0n) is 10.8. The molecule has 0 N–H and O–H groups in total. The van der Waals surface area contributed by atoms with Gasteiger partial charge in [0.15, 0.2) is 0 Å². The van der Waals surface area contributed by atoms with E-state index >= 15 is 0 Å². The van der Waals surface area contributed by atoms with Gasteiger partial charge in [-0.2, -0.15) is 5.26 Å². The van der Waals surface area contributed by atoms with Crippen molar-refractivity contribution in [3.05, 3.63) is 58.7 Å². The molecule has 1 unspecified atom stereocenters. The summed E-state index contributed by atoms with van der Waals surface area (Å²) < 4.78 is 0. The molecule has 3 nitrogen and oxygen atoms in total. The highest BCUT2D eigenvalue weighted by atomic mass is 14.8. The highest BCUT2D eigenvalue weighted by molar-refractivity contribution is 5.44. The van der Waals surface area contributed by atoms with Gasteiger partial charge in [-0.15, -0.1) is 0 Å². The second kappa shape index (κ2) is 4.97. The molecule has 3 heteroatoms. The molecule has 1 heterocycles. The van der Waals surface area contributed by atoms with Crippen LogP contribution in [0.4, 0.5) is 0 Å². The molecule has 0 aliphatic heterocycles. The molecule has 0 aliphatic rings. The number of hydrogen-bond acceptors (Lipinski definition) is 3. The van der Waals surface area contributed by atoms with Gasteiger partial charge in [-0.3, -0.25) is 0 Å². The lowest BCUT2D eigenvalue weighted by Gasteiger charge is -2.14. The zero-order valence-corrected chi connectivity index (χ0v) is 10.8. The molecule has 1 aromatic carbocycles. The largest absolute Gasteiger partial charge is 0.245 e. The molecular formula is C15H15N3. The van der Waals surface area contributed by atoms with E-state index in [2.05, 4.69) is 42.0 Å². The molecule has 1 atom stereocenters. The monoisotopic (exact) mass is 237 g/mol. The Morgan fingerprint density at radius 1 is 1.11 bits per heavy atom. The quantitative estimate of drug-likeness (QED) is 0.806. The van der Waals surface area contributed by atoms with Gasteiger partial charge in [0.2, 0.25) is 0 Å². The normalized spacial score (nSPS) is 11.9. The molecule has 0 bridgehead atoms. The highest BCUT2D eigenvalue weighted by Gasteiger charge is 2.17. The van der Waals surface area contributed by atoms with E-state index in [4.69, 9.17) is 0 Å². The smallest absolute Gasteiger partial charge is 0.115 e. The van der Waals surface area contributed by atoms with Crippen LogP contribution in [0.1, 0.15) is 33.9 Å². The lowest BCUT2D eigenvalue weighted by Crippen LogP contribution is -2.04. The third-order valence-corrected chi connectivity index (χ3v) is 3.22. The van der Waals surface area contributed by atoms with Crippen molar-refractivity contribution in [2.24, 2.45) is 0 Å². The van der Waals surface area contributed by atoms with Crippen molar-refractivity contribution in [3.63, 3.8) is 0 Å². The molecule has 0 amide bonds. The molecule has 0 spiro atoms. The van der Waals surface area contributed by atoms with Crippen molar-refractivity contribution in [2.75, 3.05) is 0 Å². The van der Waals surface area contributed by atoms with Crippen molar-refractivity contribution in [1.29, 1.82) is 5.26 Å². The highest BCUT2D eigenvalue weighted by Crippen LogP contribution is 2.27. The van der Waals surface area contributed by atoms with Gasteiger partial charge >= 0.3 is 0 Å². The number of nitriles is 1. The summed E-state index contributed by atoms with van der Waals surface area (Å²) in [6, 6.07) is 8.33. The minimum Gasteiger partial charge on any atom is -0.245 e. The zero-order chi connectivity index (χ0) is 13.1. The third kappa shape index (κ3) is 2.23. The average molecular weight is 237 g/mol. The van der Waals surface area contributed by atoms with Crippen LogP contribution in [0.15, 0.2) is 30.7 Å². The molecule has 2 aromatic rings. The van der Waals surface area contributed by atoms with Crippen molar-refractivity contribution in [2.45, 2.75) is 26.7 Å². The van der Waals surface area contributed by atoms with Crippen LogP contribution in [-0.2, 0) is 0 Å². The Kier molecular flexibility index (Phi) is 3.38. The molecule has 1 aromatic heterocycles. The van der Waals surface area contributed by atoms with E-state index in [1.54, 1.807) is 12.3 Å². The van der Waals surface area contributed by atoms with E-state index in [-0.39, 0.29) is 5.92 Å². The summed E-state index contributed by atoms with van der Waals surface area (Å²) in [4.78, 5) is 8.08. The van der Waals surface area contributed by atoms with Gasteiger partial charge in [0.1, 0.15) is 12.2 Å². The average Bonchev–Trinajstić information content (AvgIpc) is 2.38. The van der Waals surface area contributed by atoms with Crippen LogP contribution in [-0.4, -0.2) is 9.97 Å².